The fourth-order valence-corrected chi connectivity index (χ4v) is 4.03. The summed E-state index contributed by atoms with van der Waals surface area (Å²) in [6.45, 7) is 2.56. The van der Waals surface area contributed by atoms with Gasteiger partial charge in [-0.1, -0.05) is 22.8 Å². The van der Waals surface area contributed by atoms with Gasteiger partial charge in [0.15, 0.2) is 5.76 Å². The molecule has 1 atom stereocenters. The molecule has 3 aromatic rings. The van der Waals surface area contributed by atoms with Gasteiger partial charge in [-0.05, 0) is 30.5 Å². The van der Waals surface area contributed by atoms with Crippen molar-refractivity contribution in [3.63, 3.8) is 0 Å². The second-order valence-electron chi connectivity index (χ2n) is 4.41. The Morgan fingerprint density at radius 1 is 1.35 bits per heavy atom. The van der Waals surface area contributed by atoms with E-state index in [1.165, 1.54) is 9.75 Å². The summed E-state index contributed by atoms with van der Waals surface area (Å²) in [5.41, 5.74) is 0.897. The summed E-state index contributed by atoms with van der Waals surface area (Å²) in [7, 11) is 0. The monoisotopic (exact) mass is 324 g/mol. The lowest BCUT2D eigenvalue weighted by atomic mass is 10.2. The lowest BCUT2D eigenvalue weighted by Gasteiger charge is -2.14. The van der Waals surface area contributed by atoms with Gasteiger partial charge in [0.25, 0.3) is 0 Å². The number of nitrogens with one attached hydrogen (secondary N) is 1. The molecule has 0 aliphatic carbocycles. The van der Waals surface area contributed by atoms with Gasteiger partial charge >= 0.3 is 0 Å². The van der Waals surface area contributed by atoms with Crippen LogP contribution in [0.5, 0.6) is 0 Å². The SMILES string of the molecule is Cc1cc(CNC(c2cccs2)c2ccc(Cl)s2)on1. The molecule has 3 nitrogen and oxygen atoms in total. The molecule has 3 heterocycles. The average molecular weight is 325 g/mol. The molecule has 6 heteroatoms. The van der Waals surface area contributed by atoms with Crippen LogP contribution in [0.2, 0.25) is 4.34 Å². The van der Waals surface area contributed by atoms with Crippen molar-refractivity contribution in [1.29, 1.82) is 0 Å². The molecule has 104 valence electrons. The molecule has 0 amide bonds. The highest BCUT2D eigenvalue weighted by atomic mass is 35.5. The number of aromatic nitrogens is 1. The van der Waals surface area contributed by atoms with Gasteiger partial charge in [-0.25, -0.2) is 0 Å². The molecule has 1 N–H and O–H groups in total. The smallest absolute Gasteiger partial charge is 0.150 e. The van der Waals surface area contributed by atoms with E-state index in [4.69, 9.17) is 16.1 Å². The molecule has 3 rings (SSSR count). The molecule has 1 unspecified atom stereocenters. The van der Waals surface area contributed by atoms with Gasteiger partial charge in [0.1, 0.15) is 0 Å². The first-order valence-corrected chi connectivity index (χ1v) is 8.24. The molecule has 0 spiro atoms. The van der Waals surface area contributed by atoms with Crippen molar-refractivity contribution in [2.75, 3.05) is 0 Å². The minimum Gasteiger partial charge on any atom is -0.360 e. The quantitative estimate of drug-likeness (QED) is 0.743. The van der Waals surface area contributed by atoms with Crippen molar-refractivity contribution in [3.05, 3.63) is 61.3 Å². The van der Waals surface area contributed by atoms with E-state index < -0.39 is 0 Å². The largest absolute Gasteiger partial charge is 0.360 e. The van der Waals surface area contributed by atoms with Crippen molar-refractivity contribution in [2.24, 2.45) is 0 Å². The number of rotatable bonds is 5. The van der Waals surface area contributed by atoms with E-state index in [2.05, 4.69) is 34.1 Å². The van der Waals surface area contributed by atoms with Crippen LogP contribution in [0, 0.1) is 6.92 Å². The Morgan fingerprint density at radius 2 is 2.25 bits per heavy atom. The summed E-state index contributed by atoms with van der Waals surface area (Å²) in [5.74, 6) is 0.840. The van der Waals surface area contributed by atoms with Crippen LogP contribution < -0.4 is 5.32 Å². The predicted molar refractivity (Wildman–Crippen MR) is 83.6 cm³/mol. The number of halogens is 1. The molecule has 20 heavy (non-hydrogen) atoms. The van der Waals surface area contributed by atoms with Gasteiger partial charge < -0.3 is 4.52 Å². The van der Waals surface area contributed by atoms with E-state index in [9.17, 15) is 0 Å². The number of nitrogens with zero attached hydrogens (tertiary/aromatic N) is 1. The first-order valence-electron chi connectivity index (χ1n) is 6.16. The van der Waals surface area contributed by atoms with Crippen LogP contribution in [-0.4, -0.2) is 5.16 Å². The van der Waals surface area contributed by atoms with Gasteiger partial charge in [0.05, 0.1) is 22.6 Å². The van der Waals surface area contributed by atoms with Crippen LogP contribution >= 0.6 is 34.3 Å². The summed E-state index contributed by atoms with van der Waals surface area (Å²) < 4.78 is 6.05. The van der Waals surface area contributed by atoms with E-state index in [0.29, 0.717) is 6.54 Å². The standard InChI is InChI=1S/C14H13ClN2OS2/c1-9-7-10(18-17-9)8-16-14(11-3-2-6-19-11)12-4-5-13(15)20-12/h2-7,14,16H,8H2,1H3. The highest BCUT2D eigenvalue weighted by Gasteiger charge is 2.17. The van der Waals surface area contributed by atoms with Crippen LogP contribution in [0.3, 0.4) is 0 Å². The van der Waals surface area contributed by atoms with Crippen LogP contribution in [0.15, 0.2) is 40.2 Å². The molecular weight excluding hydrogens is 312 g/mol. The molecule has 0 aliphatic rings. The third-order valence-electron chi connectivity index (χ3n) is 2.86. The Morgan fingerprint density at radius 3 is 2.85 bits per heavy atom. The van der Waals surface area contributed by atoms with E-state index in [-0.39, 0.29) is 6.04 Å². The third-order valence-corrected chi connectivity index (χ3v) is 5.10. The molecule has 0 aromatic carbocycles. The zero-order valence-electron chi connectivity index (χ0n) is 10.8. The highest BCUT2D eigenvalue weighted by Crippen LogP contribution is 2.33. The zero-order valence-corrected chi connectivity index (χ0v) is 13.2. The topological polar surface area (TPSA) is 38.1 Å². The first kappa shape index (κ1) is 13.8. The predicted octanol–water partition coefficient (Wildman–Crippen LogP) is 4.64. The average Bonchev–Trinajstić information content (AvgIpc) is 3.13. The Balaban J connectivity index is 1.79. The third kappa shape index (κ3) is 3.12. The second kappa shape index (κ2) is 6.10. The highest BCUT2D eigenvalue weighted by molar-refractivity contribution is 7.16. The molecule has 0 bridgehead atoms. The van der Waals surface area contributed by atoms with Gasteiger partial charge in [-0.15, -0.1) is 22.7 Å². The molecule has 0 saturated heterocycles. The number of thiophene rings is 2. The molecule has 0 fully saturated rings. The van der Waals surface area contributed by atoms with Crippen molar-refractivity contribution >= 4 is 34.3 Å². The van der Waals surface area contributed by atoms with E-state index in [1.54, 1.807) is 22.7 Å². The van der Waals surface area contributed by atoms with Crippen LogP contribution in [0.25, 0.3) is 0 Å². The van der Waals surface area contributed by atoms with E-state index >= 15 is 0 Å². The Labute approximate surface area is 130 Å². The number of hydrogen-bond donors (Lipinski definition) is 1. The Kier molecular flexibility index (Phi) is 4.21. The second-order valence-corrected chi connectivity index (χ2v) is 7.13. The van der Waals surface area contributed by atoms with Crippen molar-refractivity contribution in [3.8, 4) is 0 Å². The Bertz CT molecular complexity index is 675. The van der Waals surface area contributed by atoms with E-state index in [1.807, 2.05) is 19.1 Å². The molecule has 3 aromatic heterocycles. The summed E-state index contributed by atoms with van der Waals surface area (Å²) in [6.07, 6.45) is 0. The summed E-state index contributed by atoms with van der Waals surface area (Å²) in [6, 6.07) is 10.3. The lowest BCUT2D eigenvalue weighted by molar-refractivity contribution is 0.366. The van der Waals surface area contributed by atoms with Crippen molar-refractivity contribution < 1.29 is 4.52 Å². The maximum absolute atomic E-state index is 6.05. The molecule has 0 aliphatic heterocycles. The van der Waals surface area contributed by atoms with Gasteiger partial charge in [-0.3, -0.25) is 5.32 Å². The minimum absolute atomic E-state index is 0.137. The lowest BCUT2D eigenvalue weighted by Crippen LogP contribution is -2.20. The van der Waals surface area contributed by atoms with Crippen molar-refractivity contribution in [2.45, 2.75) is 19.5 Å². The van der Waals surface area contributed by atoms with Crippen LogP contribution in [-0.2, 0) is 6.54 Å². The van der Waals surface area contributed by atoms with Crippen LogP contribution in [0.1, 0.15) is 27.3 Å². The fourth-order valence-electron chi connectivity index (χ4n) is 1.98. The normalized spacial score (nSPS) is 12.7. The van der Waals surface area contributed by atoms with Crippen molar-refractivity contribution in [1.82, 2.24) is 10.5 Å². The summed E-state index contributed by atoms with van der Waals surface area (Å²) >= 11 is 9.38. The van der Waals surface area contributed by atoms with Gasteiger partial charge in [-0.2, -0.15) is 0 Å². The zero-order chi connectivity index (χ0) is 13.9. The maximum atomic E-state index is 6.05. The van der Waals surface area contributed by atoms with Gasteiger partial charge in [0, 0.05) is 15.8 Å². The van der Waals surface area contributed by atoms with Crippen LogP contribution in [0.4, 0.5) is 0 Å². The number of hydrogen-bond acceptors (Lipinski definition) is 5. The minimum atomic E-state index is 0.137. The number of aryl methyl sites for hydroxylation is 1. The Hall–Kier alpha value is -1.14. The molecule has 0 saturated carbocycles. The summed E-state index contributed by atoms with van der Waals surface area (Å²) in [4.78, 5) is 2.47. The maximum Gasteiger partial charge on any atom is 0.150 e. The first-order chi connectivity index (χ1) is 9.72. The summed E-state index contributed by atoms with van der Waals surface area (Å²) in [5, 5.41) is 9.49. The van der Waals surface area contributed by atoms with Gasteiger partial charge in [0.2, 0.25) is 0 Å². The van der Waals surface area contributed by atoms with E-state index in [0.717, 1.165) is 15.8 Å². The fraction of sp³-hybridized carbons (Fsp3) is 0.214. The molecule has 0 radical (unpaired) electrons. The molecular formula is C14H13ClN2OS2.